The monoisotopic (exact) mass is 161 g/mol. The highest BCUT2D eigenvalue weighted by atomic mass is 16.3. The van der Waals surface area contributed by atoms with Gasteiger partial charge in [-0.1, -0.05) is 6.92 Å². The summed E-state index contributed by atoms with van der Waals surface area (Å²) in [6.45, 7) is 2.07. The minimum absolute atomic E-state index is 0.366. The fraction of sp³-hybridized carbons (Fsp3) is 0.200. The molecule has 2 rings (SSSR count). The van der Waals surface area contributed by atoms with Gasteiger partial charge in [-0.15, -0.1) is 0 Å². The molecule has 62 valence electrons. The molecule has 12 heavy (non-hydrogen) atoms. The second-order valence-electron chi connectivity index (χ2n) is 2.91. The average molecular weight is 161 g/mol. The first kappa shape index (κ1) is 7.22. The molecule has 1 aromatic heterocycles. The highest BCUT2D eigenvalue weighted by Crippen LogP contribution is 2.25. The zero-order valence-corrected chi connectivity index (χ0v) is 6.96. The first-order valence-electron chi connectivity index (χ1n) is 4.10. The molecule has 0 saturated carbocycles. The molecule has 0 amide bonds. The minimum Gasteiger partial charge on any atom is -0.507 e. The van der Waals surface area contributed by atoms with Gasteiger partial charge < -0.3 is 10.1 Å². The summed E-state index contributed by atoms with van der Waals surface area (Å²) in [6, 6.07) is 5.76. The zero-order chi connectivity index (χ0) is 8.55. The van der Waals surface area contributed by atoms with Gasteiger partial charge in [0, 0.05) is 17.1 Å². The van der Waals surface area contributed by atoms with Crippen LogP contribution >= 0.6 is 0 Å². The average Bonchev–Trinajstić information content (AvgIpc) is 2.52. The number of benzene rings is 1. The lowest BCUT2D eigenvalue weighted by Crippen LogP contribution is -1.79. The number of aromatic hydroxyl groups is 1. The second-order valence-corrected chi connectivity index (χ2v) is 2.91. The fourth-order valence-corrected chi connectivity index (χ4v) is 1.41. The third-order valence-corrected chi connectivity index (χ3v) is 2.12. The van der Waals surface area contributed by atoms with E-state index in [4.69, 9.17) is 0 Å². The number of nitrogens with one attached hydrogen (secondary N) is 1. The molecule has 2 nitrogen and oxygen atoms in total. The molecule has 0 aliphatic rings. The van der Waals surface area contributed by atoms with Crippen molar-refractivity contribution in [3.05, 3.63) is 30.0 Å². The Balaban J connectivity index is 2.75. The van der Waals surface area contributed by atoms with Gasteiger partial charge in [-0.2, -0.15) is 0 Å². The van der Waals surface area contributed by atoms with Crippen LogP contribution in [0.25, 0.3) is 10.9 Å². The molecule has 2 aromatic rings. The fourth-order valence-electron chi connectivity index (χ4n) is 1.41. The Morgan fingerprint density at radius 1 is 1.42 bits per heavy atom. The molecule has 0 unspecified atom stereocenters. The molecule has 1 aromatic carbocycles. The number of aromatic nitrogens is 1. The van der Waals surface area contributed by atoms with Crippen LogP contribution in [0.1, 0.15) is 12.5 Å². The molecule has 0 radical (unpaired) electrons. The van der Waals surface area contributed by atoms with Crippen LogP contribution in [-0.2, 0) is 6.42 Å². The second kappa shape index (κ2) is 2.55. The van der Waals surface area contributed by atoms with Crippen LogP contribution in [0.15, 0.2) is 24.4 Å². The molecule has 0 atom stereocenters. The third-order valence-electron chi connectivity index (χ3n) is 2.12. The van der Waals surface area contributed by atoms with Crippen molar-refractivity contribution < 1.29 is 5.11 Å². The maximum Gasteiger partial charge on any atom is 0.125 e. The van der Waals surface area contributed by atoms with Gasteiger partial charge in [0.05, 0.1) is 0 Å². The van der Waals surface area contributed by atoms with E-state index in [9.17, 15) is 5.11 Å². The van der Waals surface area contributed by atoms with E-state index >= 15 is 0 Å². The van der Waals surface area contributed by atoms with E-state index in [1.165, 1.54) is 0 Å². The van der Waals surface area contributed by atoms with E-state index in [2.05, 4.69) is 18.0 Å². The van der Waals surface area contributed by atoms with Gasteiger partial charge in [0.1, 0.15) is 5.75 Å². The molecule has 0 aliphatic heterocycles. The lowest BCUT2D eigenvalue weighted by Gasteiger charge is -1.99. The highest BCUT2D eigenvalue weighted by Gasteiger charge is 2.01. The minimum atomic E-state index is 0.366. The first-order chi connectivity index (χ1) is 5.81. The molecule has 2 N–H and O–H groups in total. The number of phenols is 1. The molecule has 0 spiro atoms. The van der Waals surface area contributed by atoms with Crippen molar-refractivity contribution in [1.82, 2.24) is 4.98 Å². The number of hydrogen-bond donors (Lipinski definition) is 2. The normalized spacial score (nSPS) is 10.8. The van der Waals surface area contributed by atoms with E-state index in [-0.39, 0.29) is 0 Å². The number of aryl methyl sites for hydroxylation is 1. The molecular weight excluding hydrogens is 150 g/mol. The zero-order valence-electron chi connectivity index (χ0n) is 6.96. The topological polar surface area (TPSA) is 36.0 Å². The summed E-state index contributed by atoms with van der Waals surface area (Å²) in [7, 11) is 0. The van der Waals surface area contributed by atoms with E-state index in [1.807, 2.05) is 18.3 Å². The van der Waals surface area contributed by atoms with E-state index in [0.717, 1.165) is 22.9 Å². The summed E-state index contributed by atoms with van der Waals surface area (Å²) in [4.78, 5) is 3.08. The molecule has 0 aliphatic carbocycles. The van der Waals surface area contributed by atoms with Crippen LogP contribution < -0.4 is 0 Å². The van der Waals surface area contributed by atoms with Crippen molar-refractivity contribution in [2.24, 2.45) is 0 Å². The Morgan fingerprint density at radius 3 is 3.00 bits per heavy atom. The van der Waals surface area contributed by atoms with Crippen LogP contribution in [0.3, 0.4) is 0 Å². The van der Waals surface area contributed by atoms with Crippen LogP contribution in [0, 0.1) is 0 Å². The molecule has 1 heterocycles. The Hall–Kier alpha value is -1.44. The lowest BCUT2D eigenvalue weighted by atomic mass is 10.1. The van der Waals surface area contributed by atoms with Crippen molar-refractivity contribution in [3.8, 4) is 5.75 Å². The predicted octanol–water partition coefficient (Wildman–Crippen LogP) is 2.44. The van der Waals surface area contributed by atoms with Gasteiger partial charge in [-0.05, 0) is 30.2 Å². The Morgan fingerprint density at radius 2 is 2.25 bits per heavy atom. The van der Waals surface area contributed by atoms with Crippen LogP contribution in [-0.4, -0.2) is 10.1 Å². The molecule has 0 saturated heterocycles. The van der Waals surface area contributed by atoms with Crippen LogP contribution in [0.4, 0.5) is 0 Å². The van der Waals surface area contributed by atoms with Gasteiger partial charge in [0.25, 0.3) is 0 Å². The van der Waals surface area contributed by atoms with Crippen molar-refractivity contribution in [1.29, 1.82) is 0 Å². The number of phenolic OH excluding ortho intramolecular Hbond substituents is 1. The third kappa shape index (κ3) is 0.961. The van der Waals surface area contributed by atoms with E-state index < -0.39 is 0 Å². The smallest absolute Gasteiger partial charge is 0.125 e. The van der Waals surface area contributed by atoms with Gasteiger partial charge in [0.15, 0.2) is 0 Å². The van der Waals surface area contributed by atoms with Crippen molar-refractivity contribution in [2.75, 3.05) is 0 Å². The number of rotatable bonds is 1. The van der Waals surface area contributed by atoms with Crippen molar-refractivity contribution >= 4 is 10.9 Å². The van der Waals surface area contributed by atoms with Gasteiger partial charge >= 0.3 is 0 Å². The van der Waals surface area contributed by atoms with Crippen molar-refractivity contribution in [3.63, 3.8) is 0 Å². The molecular formula is C10H11NO. The number of aromatic amines is 1. The summed E-state index contributed by atoms with van der Waals surface area (Å²) < 4.78 is 0. The first-order valence-corrected chi connectivity index (χ1v) is 4.10. The largest absolute Gasteiger partial charge is 0.507 e. The Kier molecular flexibility index (Phi) is 1.54. The summed E-state index contributed by atoms with van der Waals surface area (Å²) in [6.07, 6.45) is 2.78. The van der Waals surface area contributed by atoms with E-state index in [1.54, 1.807) is 0 Å². The quantitative estimate of drug-likeness (QED) is 0.662. The Labute approximate surface area is 70.8 Å². The molecule has 0 fully saturated rings. The van der Waals surface area contributed by atoms with Gasteiger partial charge in [0.2, 0.25) is 0 Å². The predicted molar refractivity (Wildman–Crippen MR) is 49.3 cm³/mol. The maximum absolute atomic E-state index is 9.55. The number of hydrogen-bond acceptors (Lipinski definition) is 1. The summed E-state index contributed by atoms with van der Waals surface area (Å²) in [5, 5.41) is 10.4. The maximum atomic E-state index is 9.55. The summed E-state index contributed by atoms with van der Waals surface area (Å²) in [5.74, 6) is 0.366. The summed E-state index contributed by atoms with van der Waals surface area (Å²) in [5.41, 5.74) is 2.16. The Bertz CT molecular complexity index is 403. The van der Waals surface area contributed by atoms with Crippen LogP contribution in [0.2, 0.25) is 0 Å². The van der Waals surface area contributed by atoms with Crippen molar-refractivity contribution in [2.45, 2.75) is 13.3 Å². The van der Waals surface area contributed by atoms with Gasteiger partial charge in [-0.25, -0.2) is 0 Å². The van der Waals surface area contributed by atoms with Gasteiger partial charge in [-0.3, -0.25) is 0 Å². The highest BCUT2D eigenvalue weighted by molar-refractivity contribution is 5.86. The molecule has 0 bridgehead atoms. The number of fused-ring (bicyclic) bond motifs is 1. The molecule has 2 heteroatoms. The SMILES string of the molecule is CCc1cc(O)c2cc[nH]c2c1. The summed E-state index contributed by atoms with van der Waals surface area (Å²) >= 11 is 0. The van der Waals surface area contributed by atoms with E-state index in [0.29, 0.717) is 5.75 Å². The number of H-pyrrole nitrogens is 1. The lowest BCUT2D eigenvalue weighted by molar-refractivity contribution is 0.481. The van der Waals surface area contributed by atoms with Crippen LogP contribution in [0.5, 0.6) is 5.75 Å². The standard InChI is InChI=1S/C10H11NO/c1-2-7-5-9-8(3-4-11-9)10(12)6-7/h3-6,11-12H,2H2,1H3.